The third kappa shape index (κ3) is 2.11. The van der Waals surface area contributed by atoms with Crippen molar-refractivity contribution < 1.29 is 4.79 Å². The first kappa shape index (κ1) is 10.3. The number of hydrogen-bond acceptors (Lipinski definition) is 1. The first-order valence-electron chi connectivity index (χ1n) is 5.01. The fourth-order valence-electron chi connectivity index (χ4n) is 2.24. The van der Waals surface area contributed by atoms with E-state index in [2.05, 4.69) is 20.4 Å². The molecular weight excluding hydrogens is 162 g/mol. The van der Waals surface area contributed by atoms with Crippen molar-refractivity contribution in [2.24, 2.45) is 11.8 Å². The van der Waals surface area contributed by atoms with E-state index in [9.17, 15) is 4.79 Å². The number of hydrogen-bond donors (Lipinski definition) is 0. The van der Waals surface area contributed by atoms with Crippen molar-refractivity contribution in [3.63, 3.8) is 0 Å². The van der Waals surface area contributed by atoms with Gasteiger partial charge in [-0.3, -0.25) is 4.79 Å². The molecule has 1 aliphatic rings. The number of rotatable bonds is 1. The molecule has 1 fully saturated rings. The summed E-state index contributed by atoms with van der Waals surface area (Å²) in [6, 6.07) is 0.310. The molecule has 74 valence electrons. The standard InChI is InChI=1S/C11H19NO/c1-5-12-10(4)7-8(2)6-9(3)11(12)13/h5,8-10H,1,6-7H2,2-4H3. The van der Waals surface area contributed by atoms with E-state index >= 15 is 0 Å². The van der Waals surface area contributed by atoms with Gasteiger partial charge in [0.25, 0.3) is 0 Å². The van der Waals surface area contributed by atoms with Gasteiger partial charge in [0.1, 0.15) is 0 Å². The molecule has 2 nitrogen and oxygen atoms in total. The maximum Gasteiger partial charge on any atom is 0.229 e. The third-order valence-corrected chi connectivity index (χ3v) is 2.85. The van der Waals surface area contributed by atoms with Gasteiger partial charge in [0.05, 0.1) is 0 Å². The van der Waals surface area contributed by atoms with E-state index in [1.165, 1.54) is 0 Å². The number of carbonyl (C=O) groups is 1. The number of nitrogens with zero attached hydrogens (tertiary/aromatic N) is 1. The highest BCUT2D eigenvalue weighted by atomic mass is 16.2. The van der Waals surface area contributed by atoms with Crippen LogP contribution in [-0.2, 0) is 4.79 Å². The van der Waals surface area contributed by atoms with Crippen LogP contribution in [-0.4, -0.2) is 16.8 Å². The first-order chi connectivity index (χ1) is 6.06. The van der Waals surface area contributed by atoms with E-state index in [1.807, 2.05) is 6.92 Å². The van der Waals surface area contributed by atoms with Gasteiger partial charge in [0, 0.05) is 12.0 Å². The summed E-state index contributed by atoms with van der Waals surface area (Å²) >= 11 is 0. The van der Waals surface area contributed by atoms with Crippen LogP contribution < -0.4 is 0 Å². The second-order valence-electron chi connectivity index (χ2n) is 4.25. The number of carbonyl (C=O) groups excluding carboxylic acids is 1. The largest absolute Gasteiger partial charge is 0.317 e. The van der Waals surface area contributed by atoms with Gasteiger partial charge in [-0.2, -0.15) is 0 Å². The summed E-state index contributed by atoms with van der Waals surface area (Å²) in [5.74, 6) is 1.02. The average molecular weight is 181 g/mol. The van der Waals surface area contributed by atoms with Crippen LogP contribution in [0.5, 0.6) is 0 Å². The zero-order chi connectivity index (χ0) is 10.0. The lowest BCUT2D eigenvalue weighted by atomic mass is 9.95. The van der Waals surface area contributed by atoms with Crippen LogP contribution in [0.25, 0.3) is 0 Å². The highest BCUT2D eigenvalue weighted by Crippen LogP contribution is 2.26. The van der Waals surface area contributed by atoms with Crippen LogP contribution in [0, 0.1) is 11.8 Å². The van der Waals surface area contributed by atoms with Crippen molar-refractivity contribution >= 4 is 5.91 Å². The first-order valence-corrected chi connectivity index (χ1v) is 5.01. The van der Waals surface area contributed by atoms with Gasteiger partial charge < -0.3 is 4.90 Å². The Kier molecular flexibility index (Phi) is 3.12. The maximum absolute atomic E-state index is 11.8. The lowest BCUT2D eigenvalue weighted by Crippen LogP contribution is -2.35. The van der Waals surface area contributed by atoms with E-state index in [1.54, 1.807) is 11.1 Å². The van der Waals surface area contributed by atoms with Gasteiger partial charge in [-0.1, -0.05) is 20.4 Å². The topological polar surface area (TPSA) is 20.3 Å². The van der Waals surface area contributed by atoms with Gasteiger partial charge >= 0.3 is 0 Å². The van der Waals surface area contributed by atoms with Crippen LogP contribution in [0.3, 0.4) is 0 Å². The minimum absolute atomic E-state index is 0.151. The van der Waals surface area contributed by atoms with E-state index in [4.69, 9.17) is 0 Å². The van der Waals surface area contributed by atoms with Gasteiger partial charge in [0.2, 0.25) is 5.91 Å². The second kappa shape index (κ2) is 3.95. The Labute approximate surface area is 80.6 Å². The molecule has 1 heterocycles. The normalized spacial score (nSPS) is 35.8. The van der Waals surface area contributed by atoms with Crippen molar-refractivity contribution in [1.82, 2.24) is 4.90 Å². The summed E-state index contributed by atoms with van der Waals surface area (Å²) in [5, 5.41) is 0. The molecule has 13 heavy (non-hydrogen) atoms. The molecule has 1 amide bonds. The molecule has 0 spiro atoms. The predicted octanol–water partition coefficient (Wildman–Crippen LogP) is 2.41. The number of likely N-dealkylation sites (tertiary alicyclic amines) is 1. The zero-order valence-corrected chi connectivity index (χ0v) is 8.79. The molecule has 1 saturated heterocycles. The summed E-state index contributed by atoms with van der Waals surface area (Å²) in [6.45, 7) is 10.0. The van der Waals surface area contributed by atoms with Crippen LogP contribution in [0.4, 0.5) is 0 Å². The fourth-order valence-corrected chi connectivity index (χ4v) is 2.24. The molecule has 0 radical (unpaired) electrons. The summed E-state index contributed by atoms with van der Waals surface area (Å²) in [6.07, 6.45) is 3.76. The van der Waals surface area contributed by atoms with Crippen molar-refractivity contribution in [2.75, 3.05) is 0 Å². The third-order valence-electron chi connectivity index (χ3n) is 2.85. The lowest BCUT2D eigenvalue weighted by Gasteiger charge is -2.24. The Bertz CT molecular complexity index is 212. The second-order valence-corrected chi connectivity index (χ2v) is 4.25. The van der Waals surface area contributed by atoms with Crippen molar-refractivity contribution in [3.05, 3.63) is 12.8 Å². The van der Waals surface area contributed by atoms with Crippen LogP contribution in [0.1, 0.15) is 33.6 Å². The molecule has 0 aromatic heterocycles. The number of amides is 1. The fraction of sp³-hybridized carbons (Fsp3) is 0.727. The van der Waals surface area contributed by atoms with Gasteiger partial charge in [-0.15, -0.1) is 0 Å². The molecule has 0 bridgehead atoms. The lowest BCUT2D eigenvalue weighted by molar-refractivity contribution is -0.133. The highest BCUT2D eigenvalue weighted by Gasteiger charge is 2.29. The van der Waals surface area contributed by atoms with E-state index in [-0.39, 0.29) is 11.8 Å². The minimum atomic E-state index is 0.151. The molecule has 3 atom stereocenters. The van der Waals surface area contributed by atoms with E-state index in [0.29, 0.717) is 12.0 Å². The molecule has 0 aromatic carbocycles. The summed E-state index contributed by atoms with van der Waals surface area (Å²) < 4.78 is 0. The molecule has 0 N–H and O–H groups in total. The van der Waals surface area contributed by atoms with Crippen molar-refractivity contribution in [2.45, 2.75) is 39.7 Å². The van der Waals surface area contributed by atoms with Crippen molar-refractivity contribution in [3.8, 4) is 0 Å². The molecular formula is C11H19NO. The van der Waals surface area contributed by atoms with Crippen LogP contribution >= 0.6 is 0 Å². The van der Waals surface area contributed by atoms with Gasteiger partial charge in [-0.25, -0.2) is 0 Å². The summed E-state index contributed by atoms with van der Waals surface area (Å²) in [4.78, 5) is 13.6. The monoisotopic (exact) mass is 181 g/mol. The summed E-state index contributed by atoms with van der Waals surface area (Å²) in [7, 11) is 0. The highest BCUT2D eigenvalue weighted by molar-refractivity contribution is 5.80. The summed E-state index contributed by atoms with van der Waals surface area (Å²) in [5.41, 5.74) is 0. The predicted molar refractivity (Wildman–Crippen MR) is 54.1 cm³/mol. The molecule has 2 heteroatoms. The van der Waals surface area contributed by atoms with Crippen LogP contribution in [0.15, 0.2) is 12.8 Å². The Morgan fingerprint density at radius 1 is 1.38 bits per heavy atom. The SMILES string of the molecule is C=CN1C(=O)C(C)CC(C)CC1C. The molecule has 0 aromatic rings. The maximum atomic E-state index is 11.8. The van der Waals surface area contributed by atoms with E-state index < -0.39 is 0 Å². The molecule has 0 aliphatic carbocycles. The van der Waals surface area contributed by atoms with Gasteiger partial charge in [0.15, 0.2) is 0 Å². The average Bonchev–Trinajstić information content (AvgIpc) is 2.11. The quantitative estimate of drug-likeness (QED) is 0.608. The Morgan fingerprint density at radius 2 is 2.00 bits per heavy atom. The minimum Gasteiger partial charge on any atom is -0.317 e. The Morgan fingerprint density at radius 3 is 2.54 bits per heavy atom. The van der Waals surface area contributed by atoms with Crippen LogP contribution in [0.2, 0.25) is 0 Å². The Hall–Kier alpha value is -0.790. The molecule has 1 rings (SSSR count). The zero-order valence-electron chi connectivity index (χ0n) is 8.79. The smallest absolute Gasteiger partial charge is 0.229 e. The van der Waals surface area contributed by atoms with Gasteiger partial charge in [-0.05, 0) is 31.9 Å². The molecule has 0 saturated carbocycles. The van der Waals surface area contributed by atoms with E-state index in [0.717, 1.165) is 12.8 Å². The van der Waals surface area contributed by atoms with Crippen molar-refractivity contribution in [1.29, 1.82) is 0 Å². The molecule has 3 unspecified atom stereocenters. The molecule has 1 aliphatic heterocycles. The Balaban J connectivity index is 2.83.